The predicted octanol–water partition coefficient (Wildman–Crippen LogP) is 1.27. The minimum Gasteiger partial charge on any atom is -0.293 e. The van der Waals surface area contributed by atoms with Crippen LogP contribution in [-0.4, -0.2) is 62.4 Å². The zero-order valence-corrected chi connectivity index (χ0v) is 13.7. The average Bonchev–Trinajstić information content (AvgIpc) is 2.75. The van der Waals surface area contributed by atoms with Crippen LogP contribution in [0.1, 0.15) is 9.67 Å². The molecular weight excluding hydrogens is 352 g/mol. The van der Waals surface area contributed by atoms with Crippen molar-refractivity contribution in [1.29, 1.82) is 0 Å². The van der Waals surface area contributed by atoms with Gasteiger partial charge in [-0.25, -0.2) is 8.42 Å². The molecule has 19 heavy (non-hydrogen) atoms. The smallest absolute Gasteiger partial charge is 0.211 e. The van der Waals surface area contributed by atoms with E-state index in [1.807, 2.05) is 17.0 Å². The number of hydrogen-bond donors (Lipinski definition) is 0. The molecule has 1 aromatic heterocycles. The Morgan fingerprint density at radius 1 is 1.32 bits per heavy atom. The summed E-state index contributed by atoms with van der Waals surface area (Å²) < 4.78 is 25.1. The molecule has 0 unspecified atom stereocenters. The first-order chi connectivity index (χ1) is 8.86. The molecule has 8 heteroatoms. The number of carbonyl (C=O) groups excluding carboxylic acids is 1. The van der Waals surface area contributed by atoms with E-state index >= 15 is 0 Å². The lowest BCUT2D eigenvalue weighted by molar-refractivity contribution is 0.0906. The molecule has 0 aliphatic carbocycles. The van der Waals surface area contributed by atoms with Gasteiger partial charge >= 0.3 is 0 Å². The van der Waals surface area contributed by atoms with Crippen LogP contribution < -0.4 is 0 Å². The van der Waals surface area contributed by atoms with E-state index in [0.717, 1.165) is 8.66 Å². The maximum Gasteiger partial charge on any atom is 0.211 e. The standard InChI is InChI=1S/C11H15BrN2O3S2/c1-19(16,17)14-6-4-13(5-7-14)8-9(15)10-2-3-11(12)18-10/h2-3H,4-8H2,1H3. The summed E-state index contributed by atoms with van der Waals surface area (Å²) in [6, 6.07) is 3.67. The topological polar surface area (TPSA) is 57.7 Å². The SMILES string of the molecule is CS(=O)(=O)N1CCN(CC(=O)c2ccc(Br)s2)CC1. The monoisotopic (exact) mass is 366 g/mol. The average molecular weight is 367 g/mol. The summed E-state index contributed by atoms with van der Waals surface area (Å²) in [5.74, 6) is 0.0866. The maximum absolute atomic E-state index is 12.0. The highest BCUT2D eigenvalue weighted by atomic mass is 79.9. The first kappa shape index (κ1) is 15.1. The highest BCUT2D eigenvalue weighted by Crippen LogP contribution is 2.22. The second-order valence-electron chi connectivity index (χ2n) is 4.47. The summed E-state index contributed by atoms with van der Waals surface area (Å²) in [4.78, 5) is 14.8. The van der Waals surface area contributed by atoms with Crippen molar-refractivity contribution >= 4 is 43.1 Å². The van der Waals surface area contributed by atoms with Crippen molar-refractivity contribution < 1.29 is 13.2 Å². The van der Waals surface area contributed by atoms with Crippen LogP contribution in [0.2, 0.25) is 0 Å². The van der Waals surface area contributed by atoms with E-state index in [9.17, 15) is 13.2 Å². The van der Waals surface area contributed by atoms with Crippen LogP contribution in [-0.2, 0) is 10.0 Å². The molecule has 0 radical (unpaired) electrons. The first-order valence-electron chi connectivity index (χ1n) is 5.82. The van der Waals surface area contributed by atoms with Crippen molar-refractivity contribution in [2.45, 2.75) is 0 Å². The molecule has 1 aliphatic heterocycles. The number of halogens is 1. The molecule has 1 saturated heterocycles. The fourth-order valence-corrected chi connectivity index (χ4v) is 4.11. The van der Waals surface area contributed by atoms with Crippen LogP contribution in [0.3, 0.4) is 0 Å². The Morgan fingerprint density at radius 2 is 1.95 bits per heavy atom. The number of hydrogen-bond acceptors (Lipinski definition) is 5. The number of thiophene rings is 1. The Hall–Kier alpha value is -0.280. The van der Waals surface area contributed by atoms with Gasteiger partial charge in [-0.1, -0.05) is 0 Å². The van der Waals surface area contributed by atoms with Gasteiger partial charge in [-0.3, -0.25) is 9.69 Å². The van der Waals surface area contributed by atoms with Gasteiger partial charge in [0, 0.05) is 26.2 Å². The summed E-state index contributed by atoms with van der Waals surface area (Å²) in [5.41, 5.74) is 0. The van der Waals surface area contributed by atoms with Crippen LogP contribution in [0.15, 0.2) is 15.9 Å². The summed E-state index contributed by atoms with van der Waals surface area (Å²) in [6.07, 6.45) is 1.22. The number of piperazine rings is 1. The van der Waals surface area contributed by atoms with Crippen LogP contribution >= 0.6 is 27.3 Å². The van der Waals surface area contributed by atoms with Gasteiger partial charge in [-0.2, -0.15) is 4.31 Å². The number of ketones is 1. The third-order valence-corrected chi connectivity index (χ3v) is 5.98. The van der Waals surface area contributed by atoms with Crippen molar-refractivity contribution in [2.75, 3.05) is 39.0 Å². The fraction of sp³-hybridized carbons (Fsp3) is 0.545. The van der Waals surface area contributed by atoms with E-state index in [2.05, 4.69) is 15.9 Å². The van der Waals surface area contributed by atoms with E-state index in [4.69, 9.17) is 0 Å². The summed E-state index contributed by atoms with van der Waals surface area (Å²) in [5, 5.41) is 0. The molecule has 0 bridgehead atoms. The minimum atomic E-state index is -3.11. The molecule has 0 amide bonds. The fourth-order valence-electron chi connectivity index (χ4n) is 1.96. The second kappa shape index (κ2) is 6.01. The van der Waals surface area contributed by atoms with E-state index in [1.165, 1.54) is 21.9 Å². The van der Waals surface area contributed by atoms with E-state index < -0.39 is 10.0 Å². The van der Waals surface area contributed by atoms with Gasteiger partial charge in [0.15, 0.2) is 5.78 Å². The van der Waals surface area contributed by atoms with Crippen LogP contribution in [0, 0.1) is 0 Å². The second-order valence-corrected chi connectivity index (χ2v) is 8.91. The molecule has 2 heterocycles. The molecule has 0 aromatic carbocycles. The van der Waals surface area contributed by atoms with Crippen LogP contribution in [0.4, 0.5) is 0 Å². The largest absolute Gasteiger partial charge is 0.293 e. The van der Waals surface area contributed by atoms with Gasteiger partial charge < -0.3 is 0 Å². The zero-order chi connectivity index (χ0) is 14.0. The number of nitrogens with zero attached hydrogens (tertiary/aromatic N) is 2. The Bertz CT molecular complexity index is 562. The maximum atomic E-state index is 12.0. The van der Waals surface area contributed by atoms with Crippen LogP contribution in [0.25, 0.3) is 0 Å². The number of Topliss-reactive ketones (excluding diaryl/α,β-unsaturated/α-hetero) is 1. The Morgan fingerprint density at radius 3 is 2.42 bits per heavy atom. The van der Waals surface area contributed by atoms with Crippen molar-refractivity contribution in [3.05, 3.63) is 20.8 Å². The molecular formula is C11H15BrN2O3S2. The normalized spacial score (nSPS) is 18.6. The predicted molar refractivity (Wildman–Crippen MR) is 79.2 cm³/mol. The van der Waals surface area contributed by atoms with E-state index in [0.29, 0.717) is 32.7 Å². The van der Waals surface area contributed by atoms with E-state index in [1.54, 1.807) is 0 Å². The van der Waals surface area contributed by atoms with Crippen LogP contribution in [0.5, 0.6) is 0 Å². The Labute approximate surface area is 125 Å². The molecule has 0 spiro atoms. The third-order valence-electron chi connectivity index (χ3n) is 3.02. The van der Waals surface area contributed by atoms with Crippen molar-refractivity contribution in [3.8, 4) is 0 Å². The lowest BCUT2D eigenvalue weighted by Crippen LogP contribution is -2.49. The molecule has 1 aromatic rings. The molecule has 5 nitrogen and oxygen atoms in total. The van der Waals surface area contributed by atoms with E-state index in [-0.39, 0.29) is 5.78 Å². The molecule has 106 valence electrons. The number of sulfonamides is 1. The summed E-state index contributed by atoms with van der Waals surface area (Å²) in [7, 11) is -3.11. The lowest BCUT2D eigenvalue weighted by Gasteiger charge is -2.32. The van der Waals surface area contributed by atoms with Gasteiger partial charge in [-0.15, -0.1) is 11.3 Å². The highest BCUT2D eigenvalue weighted by molar-refractivity contribution is 9.11. The first-order valence-corrected chi connectivity index (χ1v) is 9.28. The molecule has 0 saturated carbocycles. The molecule has 2 rings (SSSR count). The van der Waals surface area contributed by atoms with Gasteiger partial charge in [0.2, 0.25) is 10.0 Å². The zero-order valence-electron chi connectivity index (χ0n) is 10.5. The quantitative estimate of drug-likeness (QED) is 0.753. The van der Waals surface area contributed by atoms with Crippen molar-refractivity contribution in [3.63, 3.8) is 0 Å². The Kier molecular flexibility index (Phi) is 4.78. The lowest BCUT2D eigenvalue weighted by atomic mass is 10.2. The highest BCUT2D eigenvalue weighted by Gasteiger charge is 2.24. The van der Waals surface area contributed by atoms with Gasteiger partial charge in [0.1, 0.15) is 0 Å². The summed E-state index contributed by atoms with van der Waals surface area (Å²) >= 11 is 4.76. The third kappa shape index (κ3) is 4.09. The van der Waals surface area contributed by atoms with Gasteiger partial charge in [0.05, 0.1) is 21.5 Å². The molecule has 0 N–H and O–H groups in total. The van der Waals surface area contributed by atoms with Crippen molar-refractivity contribution in [2.24, 2.45) is 0 Å². The van der Waals surface area contributed by atoms with Gasteiger partial charge in [-0.05, 0) is 28.1 Å². The molecule has 0 atom stereocenters. The molecule has 1 fully saturated rings. The Balaban J connectivity index is 1.88. The van der Waals surface area contributed by atoms with Crippen molar-refractivity contribution in [1.82, 2.24) is 9.21 Å². The number of carbonyl (C=O) groups is 1. The summed E-state index contributed by atoms with van der Waals surface area (Å²) in [6.45, 7) is 2.47. The minimum absolute atomic E-state index is 0.0866. The molecule has 1 aliphatic rings. The van der Waals surface area contributed by atoms with Gasteiger partial charge in [0.25, 0.3) is 0 Å². The number of rotatable bonds is 4.